The molecule has 3 aromatic rings. The topological polar surface area (TPSA) is 12.9 Å². The fraction of sp³-hybridized carbons (Fsp3) is 0.167. The standard InChI is InChI=1S/C18H19GeN/c1-19(2,3)15-11-12-18(20-13-15)17-10-6-8-14-7-4-5-9-16(14)17/h4-13H,1-3H3. The first kappa shape index (κ1) is 13.4. The molecule has 2 aromatic carbocycles. The van der Waals surface area contributed by atoms with Crippen molar-refractivity contribution in [2.45, 2.75) is 17.3 Å². The van der Waals surface area contributed by atoms with E-state index >= 15 is 0 Å². The molecule has 0 spiro atoms. The normalized spacial score (nSPS) is 11.8. The summed E-state index contributed by atoms with van der Waals surface area (Å²) in [7, 11) is 0. The summed E-state index contributed by atoms with van der Waals surface area (Å²) in [6.45, 7) is 0. The molecule has 0 aliphatic carbocycles. The summed E-state index contributed by atoms with van der Waals surface area (Å²) < 4.78 is 1.45. The predicted molar refractivity (Wildman–Crippen MR) is 90.2 cm³/mol. The van der Waals surface area contributed by atoms with Gasteiger partial charge in [-0.3, -0.25) is 0 Å². The van der Waals surface area contributed by atoms with Gasteiger partial charge >= 0.3 is 123 Å². The zero-order chi connectivity index (χ0) is 14.2. The number of nitrogens with zero attached hydrogens (tertiary/aromatic N) is 1. The Morgan fingerprint density at radius 1 is 0.800 bits per heavy atom. The van der Waals surface area contributed by atoms with E-state index in [9.17, 15) is 0 Å². The van der Waals surface area contributed by atoms with E-state index in [0.29, 0.717) is 0 Å². The Balaban J connectivity index is 2.12. The van der Waals surface area contributed by atoms with E-state index in [4.69, 9.17) is 4.98 Å². The zero-order valence-electron chi connectivity index (χ0n) is 12.2. The molecule has 0 aliphatic heterocycles. The fourth-order valence-corrected chi connectivity index (χ4v) is 4.62. The Hall–Kier alpha value is -1.61. The van der Waals surface area contributed by atoms with Gasteiger partial charge in [-0.05, 0) is 0 Å². The summed E-state index contributed by atoms with van der Waals surface area (Å²) in [6, 6.07) is 19.3. The van der Waals surface area contributed by atoms with Crippen LogP contribution < -0.4 is 4.40 Å². The fourth-order valence-electron chi connectivity index (χ4n) is 2.45. The van der Waals surface area contributed by atoms with Gasteiger partial charge in [0.05, 0.1) is 0 Å². The Bertz CT molecular complexity index is 734. The summed E-state index contributed by atoms with van der Waals surface area (Å²) in [4.78, 5) is 4.71. The summed E-state index contributed by atoms with van der Waals surface area (Å²) in [6.07, 6.45) is 2.08. The molecular weight excluding hydrogens is 303 g/mol. The Morgan fingerprint density at radius 2 is 1.55 bits per heavy atom. The molecule has 1 aromatic heterocycles. The molecule has 20 heavy (non-hydrogen) atoms. The number of hydrogen-bond donors (Lipinski definition) is 0. The zero-order valence-corrected chi connectivity index (χ0v) is 14.3. The number of rotatable bonds is 2. The molecule has 1 nitrogen and oxygen atoms in total. The van der Waals surface area contributed by atoms with Crippen molar-refractivity contribution in [2.75, 3.05) is 0 Å². The van der Waals surface area contributed by atoms with E-state index in [1.54, 1.807) is 0 Å². The molecule has 0 fully saturated rings. The second-order valence-corrected chi connectivity index (χ2v) is 16.9. The van der Waals surface area contributed by atoms with Crippen molar-refractivity contribution in [3.63, 3.8) is 0 Å². The monoisotopic (exact) mass is 323 g/mol. The molecule has 0 unspecified atom stereocenters. The van der Waals surface area contributed by atoms with Gasteiger partial charge in [-0.25, -0.2) is 0 Å². The average molecular weight is 322 g/mol. The average Bonchev–Trinajstić information content (AvgIpc) is 2.46. The van der Waals surface area contributed by atoms with Crippen molar-refractivity contribution in [2.24, 2.45) is 0 Å². The molecule has 0 atom stereocenters. The summed E-state index contributed by atoms with van der Waals surface area (Å²) >= 11 is -1.77. The Morgan fingerprint density at radius 3 is 2.25 bits per heavy atom. The third-order valence-electron chi connectivity index (χ3n) is 3.70. The van der Waals surface area contributed by atoms with Crippen molar-refractivity contribution in [1.82, 2.24) is 4.98 Å². The quantitative estimate of drug-likeness (QED) is 0.636. The van der Waals surface area contributed by atoms with Gasteiger partial charge < -0.3 is 0 Å². The van der Waals surface area contributed by atoms with Crippen LogP contribution in [0.4, 0.5) is 0 Å². The number of pyridine rings is 1. The second kappa shape index (κ2) is 5.06. The van der Waals surface area contributed by atoms with Gasteiger partial charge in [0.1, 0.15) is 0 Å². The SMILES string of the molecule is [CH3][Ge]([CH3])([CH3])[c]1ccc(-c2cccc3ccccc23)nc1. The van der Waals surface area contributed by atoms with E-state index in [1.807, 2.05) is 0 Å². The van der Waals surface area contributed by atoms with E-state index in [2.05, 4.69) is 78.1 Å². The van der Waals surface area contributed by atoms with Crippen molar-refractivity contribution in [3.8, 4) is 11.3 Å². The molecule has 100 valence electrons. The first-order chi connectivity index (χ1) is 9.55. The van der Waals surface area contributed by atoms with Gasteiger partial charge in [0.25, 0.3) is 0 Å². The van der Waals surface area contributed by atoms with Crippen LogP contribution in [0.5, 0.6) is 0 Å². The van der Waals surface area contributed by atoms with Crippen LogP contribution in [0.15, 0.2) is 60.8 Å². The van der Waals surface area contributed by atoms with Crippen molar-refractivity contribution in [1.29, 1.82) is 0 Å². The van der Waals surface area contributed by atoms with E-state index in [0.717, 1.165) is 5.69 Å². The minimum atomic E-state index is -1.77. The number of aromatic nitrogens is 1. The maximum atomic E-state index is 4.71. The first-order valence-electron chi connectivity index (χ1n) is 7.00. The van der Waals surface area contributed by atoms with Crippen LogP contribution in [0.3, 0.4) is 0 Å². The number of benzene rings is 2. The molecule has 3 rings (SSSR count). The molecule has 0 bridgehead atoms. The Kier molecular flexibility index (Phi) is 3.38. The molecule has 2 heteroatoms. The summed E-state index contributed by atoms with van der Waals surface area (Å²) in [5.41, 5.74) is 2.29. The number of fused-ring (bicyclic) bond motifs is 1. The van der Waals surface area contributed by atoms with E-state index in [1.165, 1.54) is 20.7 Å². The van der Waals surface area contributed by atoms with Crippen LogP contribution in [0.25, 0.3) is 22.0 Å². The van der Waals surface area contributed by atoms with Crippen molar-refractivity contribution < 1.29 is 0 Å². The van der Waals surface area contributed by atoms with Crippen LogP contribution in [0, 0.1) is 0 Å². The van der Waals surface area contributed by atoms with Crippen LogP contribution in [-0.2, 0) is 0 Å². The van der Waals surface area contributed by atoms with Gasteiger partial charge in [-0.2, -0.15) is 0 Å². The molecule has 0 N–H and O–H groups in total. The molecule has 0 radical (unpaired) electrons. The van der Waals surface area contributed by atoms with Gasteiger partial charge in [-0.1, -0.05) is 0 Å². The van der Waals surface area contributed by atoms with Crippen molar-refractivity contribution in [3.05, 3.63) is 60.8 Å². The van der Waals surface area contributed by atoms with Crippen LogP contribution in [0.1, 0.15) is 0 Å². The maximum absolute atomic E-state index is 4.71. The van der Waals surface area contributed by atoms with Gasteiger partial charge in [-0.15, -0.1) is 0 Å². The van der Waals surface area contributed by atoms with E-state index < -0.39 is 13.3 Å². The molecular formula is C18H19GeN. The third-order valence-corrected chi connectivity index (χ3v) is 7.95. The van der Waals surface area contributed by atoms with Crippen molar-refractivity contribution >= 4 is 28.4 Å². The van der Waals surface area contributed by atoms with E-state index in [-0.39, 0.29) is 0 Å². The van der Waals surface area contributed by atoms with Gasteiger partial charge in [0, 0.05) is 0 Å². The van der Waals surface area contributed by atoms with Gasteiger partial charge in [0.15, 0.2) is 0 Å². The van der Waals surface area contributed by atoms with Crippen LogP contribution in [-0.4, -0.2) is 18.3 Å². The Labute approximate surface area is 123 Å². The third kappa shape index (κ3) is 2.50. The molecule has 0 aliphatic rings. The summed E-state index contributed by atoms with van der Waals surface area (Å²) in [5.74, 6) is 7.19. The van der Waals surface area contributed by atoms with Gasteiger partial charge in [0.2, 0.25) is 0 Å². The van der Waals surface area contributed by atoms with Crippen LogP contribution >= 0.6 is 0 Å². The predicted octanol–water partition coefficient (Wildman–Crippen LogP) is 4.45. The van der Waals surface area contributed by atoms with Crippen LogP contribution in [0.2, 0.25) is 17.3 Å². The molecule has 1 heterocycles. The first-order valence-corrected chi connectivity index (χ1v) is 14.3. The molecule has 0 saturated heterocycles. The second-order valence-electron chi connectivity index (χ2n) is 6.21. The number of hydrogen-bond acceptors (Lipinski definition) is 1. The minimum absolute atomic E-state index is 1.07. The summed E-state index contributed by atoms with van der Waals surface area (Å²) in [5, 5.41) is 2.54. The molecule has 0 amide bonds. The molecule has 0 saturated carbocycles.